The Bertz CT molecular complexity index is 1040. The number of hydrogen-bond donors (Lipinski definition) is 1. The van der Waals surface area contributed by atoms with Gasteiger partial charge in [-0.05, 0) is 53.2 Å². The average molecular weight is 434 g/mol. The van der Waals surface area contributed by atoms with Gasteiger partial charge in [-0.2, -0.15) is 0 Å². The number of carbonyl (C=O) groups is 1. The second-order valence-electron chi connectivity index (χ2n) is 5.85. The second kappa shape index (κ2) is 7.79. The summed E-state index contributed by atoms with van der Waals surface area (Å²) in [6, 6.07) is 13.0. The molecular weight excluding hydrogens is 417 g/mol. The zero-order valence-electron chi connectivity index (χ0n) is 14.7. The zero-order valence-corrected chi connectivity index (χ0v) is 16.3. The van der Waals surface area contributed by atoms with Gasteiger partial charge in [0.15, 0.2) is 6.61 Å². The Morgan fingerprint density at radius 1 is 1.22 bits per heavy atom. The molecule has 0 bridgehead atoms. The van der Waals surface area contributed by atoms with Crippen molar-refractivity contribution in [1.29, 1.82) is 0 Å². The molecule has 0 saturated carbocycles. The highest BCUT2D eigenvalue weighted by atomic mass is 79.9. The van der Waals surface area contributed by atoms with Crippen LogP contribution in [0.4, 0.5) is 10.1 Å². The summed E-state index contributed by atoms with van der Waals surface area (Å²) in [5.74, 6) is -0.574. The Labute approximate surface area is 163 Å². The van der Waals surface area contributed by atoms with Crippen molar-refractivity contribution in [2.24, 2.45) is 7.05 Å². The summed E-state index contributed by atoms with van der Waals surface area (Å²) < 4.78 is 22.0. The first-order valence-corrected chi connectivity index (χ1v) is 8.89. The molecule has 0 aliphatic heterocycles. The van der Waals surface area contributed by atoms with Crippen LogP contribution in [0.5, 0.6) is 5.75 Å². The van der Waals surface area contributed by atoms with Gasteiger partial charge in [-0.15, -0.1) is 0 Å². The number of anilines is 1. The van der Waals surface area contributed by atoms with Gasteiger partial charge in [-0.3, -0.25) is 14.3 Å². The predicted octanol–water partition coefficient (Wildman–Crippen LogP) is 3.40. The van der Waals surface area contributed by atoms with E-state index < -0.39 is 11.7 Å². The second-order valence-corrected chi connectivity index (χ2v) is 6.70. The molecule has 0 aliphatic carbocycles. The quantitative estimate of drug-likeness (QED) is 0.670. The van der Waals surface area contributed by atoms with Gasteiger partial charge >= 0.3 is 0 Å². The van der Waals surface area contributed by atoms with Gasteiger partial charge in [0.05, 0.1) is 15.9 Å². The van der Waals surface area contributed by atoms with E-state index in [1.165, 1.54) is 22.9 Å². The van der Waals surface area contributed by atoms with Gasteiger partial charge in [-0.1, -0.05) is 18.2 Å². The third kappa shape index (κ3) is 3.95. The lowest BCUT2D eigenvalue weighted by Crippen LogP contribution is -2.25. The Balaban J connectivity index is 1.78. The third-order valence-corrected chi connectivity index (χ3v) is 4.69. The van der Waals surface area contributed by atoms with E-state index in [0.717, 1.165) is 0 Å². The number of halogens is 2. The van der Waals surface area contributed by atoms with E-state index in [1.807, 2.05) is 30.3 Å². The zero-order chi connectivity index (χ0) is 19.6. The average Bonchev–Trinajstić information content (AvgIpc) is 2.85. The van der Waals surface area contributed by atoms with Crippen LogP contribution >= 0.6 is 15.9 Å². The molecule has 0 saturated heterocycles. The molecule has 1 amide bonds. The van der Waals surface area contributed by atoms with Crippen LogP contribution in [0.25, 0.3) is 5.69 Å². The number of ether oxygens (including phenoxy) is 1. The fourth-order valence-corrected chi connectivity index (χ4v) is 3.09. The van der Waals surface area contributed by atoms with Crippen molar-refractivity contribution < 1.29 is 13.9 Å². The van der Waals surface area contributed by atoms with Gasteiger partial charge < -0.3 is 10.1 Å². The molecule has 1 heterocycles. The van der Waals surface area contributed by atoms with E-state index in [2.05, 4.69) is 21.2 Å². The van der Waals surface area contributed by atoms with Crippen LogP contribution in [-0.2, 0) is 11.8 Å². The molecule has 0 aliphatic rings. The largest absolute Gasteiger partial charge is 0.483 e. The standard InChI is InChI=1S/C19H17BrFN3O3/c1-12-18(19(26)24(23(12)2)14-6-4-3-5-7-14)22-17(25)11-27-16-9-8-13(21)10-15(16)20/h3-10H,11H2,1-2H3,(H,22,25). The summed E-state index contributed by atoms with van der Waals surface area (Å²) in [6.07, 6.45) is 0. The van der Waals surface area contributed by atoms with Crippen molar-refractivity contribution in [3.8, 4) is 11.4 Å². The van der Waals surface area contributed by atoms with Crippen LogP contribution in [0, 0.1) is 12.7 Å². The number of amides is 1. The lowest BCUT2D eigenvalue weighted by molar-refractivity contribution is -0.118. The maximum Gasteiger partial charge on any atom is 0.295 e. The number of para-hydroxylation sites is 1. The molecule has 0 unspecified atom stereocenters. The van der Waals surface area contributed by atoms with Gasteiger partial charge in [0.25, 0.3) is 11.5 Å². The minimum atomic E-state index is -0.489. The minimum absolute atomic E-state index is 0.188. The van der Waals surface area contributed by atoms with Gasteiger partial charge in [0.2, 0.25) is 0 Å². The van der Waals surface area contributed by atoms with Crippen LogP contribution in [0.2, 0.25) is 0 Å². The Morgan fingerprint density at radius 2 is 1.93 bits per heavy atom. The summed E-state index contributed by atoms with van der Waals surface area (Å²) in [6.45, 7) is 1.43. The van der Waals surface area contributed by atoms with Gasteiger partial charge in [0, 0.05) is 7.05 Å². The van der Waals surface area contributed by atoms with E-state index in [-0.39, 0.29) is 17.9 Å². The van der Waals surface area contributed by atoms with E-state index in [0.29, 0.717) is 21.6 Å². The SMILES string of the molecule is Cc1c(NC(=O)COc2ccc(F)cc2Br)c(=O)n(-c2ccccc2)n1C. The molecular formula is C19H17BrFN3O3. The number of rotatable bonds is 5. The molecule has 0 fully saturated rings. The number of benzene rings is 2. The highest BCUT2D eigenvalue weighted by Crippen LogP contribution is 2.25. The number of nitrogens with zero attached hydrogens (tertiary/aromatic N) is 2. The van der Waals surface area contributed by atoms with Crippen molar-refractivity contribution in [3.05, 3.63) is 74.9 Å². The molecule has 1 aromatic heterocycles. The molecule has 140 valence electrons. The van der Waals surface area contributed by atoms with Crippen molar-refractivity contribution in [2.45, 2.75) is 6.92 Å². The Morgan fingerprint density at radius 3 is 2.59 bits per heavy atom. The van der Waals surface area contributed by atoms with E-state index in [1.54, 1.807) is 18.7 Å². The molecule has 6 nitrogen and oxygen atoms in total. The van der Waals surface area contributed by atoms with Crippen molar-refractivity contribution >= 4 is 27.5 Å². The van der Waals surface area contributed by atoms with E-state index >= 15 is 0 Å². The topological polar surface area (TPSA) is 65.3 Å². The fraction of sp³-hybridized carbons (Fsp3) is 0.158. The van der Waals surface area contributed by atoms with Crippen LogP contribution in [0.1, 0.15) is 5.69 Å². The molecule has 3 aromatic rings. The molecule has 3 rings (SSSR count). The lowest BCUT2D eigenvalue weighted by Gasteiger charge is -2.08. The smallest absolute Gasteiger partial charge is 0.295 e. The first-order chi connectivity index (χ1) is 12.9. The number of nitrogens with one attached hydrogen (secondary N) is 1. The number of carbonyl (C=O) groups excluding carboxylic acids is 1. The Hall–Kier alpha value is -2.87. The molecule has 0 spiro atoms. The summed E-state index contributed by atoms with van der Waals surface area (Å²) in [5, 5.41) is 2.60. The van der Waals surface area contributed by atoms with E-state index in [9.17, 15) is 14.0 Å². The minimum Gasteiger partial charge on any atom is -0.483 e. The van der Waals surface area contributed by atoms with Crippen LogP contribution in [0.15, 0.2) is 57.8 Å². The van der Waals surface area contributed by atoms with Gasteiger partial charge in [-0.25, -0.2) is 9.07 Å². The summed E-state index contributed by atoms with van der Waals surface area (Å²) in [4.78, 5) is 25.0. The summed E-state index contributed by atoms with van der Waals surface area (Å²) in [5.41, 5.74) is 1.16. The van der Waals surface area contributed by atoms with Crippen molar-refractivity contribution in [2.75, 3.05) is 11.9 Å². The first-order valence-electron chi connectivity index (χ1n) is 8.10. The monoisotopic (exact) mass is 433 g/mol. The van der Waals surface area contributed by atoms with Crippen LogP contribution in [-0.4, -0.2) is 21.9 Å². The molecule has 1 N–H and O–H groups in total. The van der Waals surface area contributed by atoms with Crippen molar-refractivity contribution in [3.63, 3.8) is 0 Å². The summed E-state index contributed by atoms with van der Waals surface area (Å²) in [7, 11) is 1.74. The molecule has 27 heavy (non-hydrogen) atoms. The molecule has 0 atom stereocenters. The highest BCUT2D eigenvalue weighted by Gasteiger charge is 2.18. The first kappa shape index (κ1) is 18.9. The maximum absolute atomic E-state index is 13.1. The van der Waals surface area contributed by atoms with E-state index in [4.69, 9.17) is 4.74 Å². The molecule has 2 aromatic carbocycles. The van der Waals surface area contributed by atoms with Gasteiger partial charge in [0.1, 0.15) is 17.3 Å². The maximum atomic E-state index is 13.1. The normalized spacial score (nSPS) is 10.7. The molecule has 0 radical (unpaired) electrons. The van der Waals surface area contributed by atoms with Crippen molar-refractivity contribution in [1.82, 2.24) is 9.36 Å². The lowest BCUT2D eigenvalue weighted by atomic mass is 10.3. The number of aromatic nitrogens is 2. The van der Waals surface area contributed by atoms with Crippen LogP contribution < -0.4 is 15.6 Å². The Kier molecular flexibility index (Phi) is 5.46. The fourth-order valence-electron chi connectivity index (χ4n) is 2.62. The number of hydrogen-bond acceptors (Lipinski definition) is 3. The van der Waals surface area contributed by atoms with Crippen LogP contribution in [0.3, 0.4) is 0 Å². The predicted molar refractivity (Wildman–Crippen MR) is 104 cm³/mol. The molecule has 8 heteroatoms. The third-order valence-electron chi connectivity index (χ3n) is 4.07. The highest BCUT2D eigenvalue weighted by molar-refractivity contribution is 9.10. The summed E-state index contributed by atoms with van der Waals surface area (Å²) >= 11 is 3.17.